The van der Waals surface area contributed by atoms with Gasteiger partial charge in [-0.3, -0.25) is 4.79 Å². The number of para-hydroxylation sites is 1. The topological polar surface area (TPSA) is 118 Å². The van der Waals surface area contributed by atoms with Crippen LogP contribution in [0, 0.1) is 0 Å². The lowest BCUT2D eigenvalue weighted by molar-refractivity contribution is -0.124. The summed E-state index contributed by atoms with van der Waals surface area (Å²) in [4.78, 5) is 17.9. The number of sulfonamides is 1. The summed E-state index contributed by atoms with van der Waals surface area (Å²) in [6.07, 6.45) is -0.897. The van der Waals surface area contributed by atoms with E-state index < -0.39 is 28.1 Å². The molecule has 2 N–H and O–H groups in total. The number of carbonyl (C=O) groups is 1. The van der Waals surface area contributed by atoms with Crippen LogP contribution in [0.4, 0.5) is 0 Å². The zero-order valence-electron chi connectivity index (χ0n) is 20.4. The molecule has 3 aromatic carbocycles. The van der Waals surface area contributed by atoms with E-state index in [1.54, 1.807) is 24.3 Å². The van der Waals surface area contributed by atoms with Crippen LogP contribution >= 0.6 is 0 Å². The zero-order chi connectivity index (χ0) is 26.3. The predicted molar refractivity (Wildman–Crippen MR) is 140 cm³/mol. The fourth-order valence-electron chi connectivity index (χ4n) is 4.04. The van der Waals surface area contributed by atoms with E-state index in [9.17, 15) is 18.3 Å². The third kappa shape index (κ3) is 6.53. The number of nitrogens with one attached hydrogen (secondary N) is 1. The predicted octanol–water partition coefficient (Wildman–Crippen LogP) is 2.68. The van der Waals surface area contributed by atoms with Gasteiger partial charge in [-0.25, -0.2) is 8.42 Å². The highest BCUT2D eigenvalue weighted by Crippen LogP contribution is 2.27. The number of aliphatic hydroxyl groups is 1. The van der Waals surface area contributed by atoms with Crippen LogP contribution < -0.4 is 10.1 Å². The van der Waals surface area contributed by atoms with Crippen LogP contribution in [-0.2, 0) is 19.7 Å². The standard InChI is InChI=1S/C27H29N3O6S/c1-35-29-22-16-26(27(32)28-17-23(31)19-36-24-10-6-3-7-11-24)30(18-22)37(33,34)25-14-12-21(13-15-25)20-8-4-2-5-9-20/h2-15,23,26,31H,16-19H2,1H3,(H,28,32)/t23?,26-/m0/s1. The first kappa shape index (κ1) is 26.3. The molecule has 194 valence electrons. The normalized spacial score (nSPS) is 17.9. The molecule has 37 heavy (non-hydrogen) atoms. The van der Waals surface area contributed by atoms with Crippen molar-refractivity contribution in [3.63, 3.8) is 0 Å². The first-order valence-electron chi connectivity index (χ1n) is 11.8. The second kappa shape index (κ2) is 12.0. The molecule has 1 unspecified atom stereocenters. The summed E-state index contributed by atoms with van der Waals surface area (Å²) in [5.74, 6) is 0.0594. The summed E-state index contributed by atoms with van der Waals surface area (Å²) in [7, 11) is -2.65. The number of amides is 1. The summed E-state index contributed by atoms with van der Waals surface area (Å²) < 4.78 is 33.7. The Morgan fingerprint density at radius 3 is 2.30 bits per heavy atom. The first-order valence-corrected chi connectivity index (χ1v) is 13.2. The van der Waals surface area contributed by atoms with Crippen molar-refractivity contribution in [3.05, 3.63) is 84.9 Å². The molecule has 1 heterocycles. The number of nitrogens with zero attached hydrogens (tertiary/aromatic N) is 2. The van der Waals surface area contributed by atoms with Crippen molar-refractivity contribution in [3.8, 4) is 16.9 Å². The fraction of sp³-hybridized carbons (Fsp3) is 0.259. The van der Waals surface area contributed by atoms with Crippen LogP contribution in [0.2, 0.25) is 0 Å². The molecule has 0 aromatic heterocycles. The van der Waals surface area contributed by atoms with Gasteiger partial charge in [0.05, 0.1) is 17.2 Å². The molecule has 0 radical (unpaired) electrons. The van der Waals surface area contributed by atoms with E-state index in [0.29, 0.717) is 11.5 Å². The van der Waals surface area contributed by atoms with Crippen molar-refractivity contribution in [2.24, 2.45) is 5.16 Å². The third-order valence-electron chi connectivity index (χ3n) is 5.90. The van der Waals surface area contributed by atoms with Crippen LogP contribution in [0.1, 0.15) is 6.42 Å². The quantitative estimate of drug-likeness (QED) is 0.395. The number of hydrogen-bond donors (Lipinski definition) is 2. The largest absolute Gasteiger partial charge is 0.491 e. The van der Waals surface area contributed by atoms with E-state index in [2.05, 4.69) is 10.5 Å². The van der Waals surface area contributed by atoms with Gasteiger partial charge in [-0.2, -0.15) is 4.31 Å². The maximum atomic E-state index is 13.5. The van der Waals surface area contributed by atoms with Gasteiger partial charge in [0, 0.05) is 13.0 Å². The van der Waals surface area contributed by atoms with Crippen LogP contribution in [-0.4, -0.2) is 68.4 Å². The number of carbonyl (C=O) groups excluding carboxylic acids is 1. The summed E-state index contributed by atoms with van der Waals surface area (Å²) in [5.41, 5.74) is 2.28. The number of aliphatic hydroxyl groups excluding tert-OH is 1. The fourth-order valence-corrected chi connectivity index (χ4v) is 5.62. The molecular weight excluding hydrogens is 494 g/mol. The summed E-state index contributed by atoms with van der Waals surface area (Å²) in [6, 6.07) is 24.1. The average molecular weight is 524 g/mol. The van der Waals surface area contributed by atoms with Gasteiger partial charge in [0.2, 0.25) is 15.9 Å². The van der Waals surface area contributed by atoms with E-state index in [1.807, 2.05) is 48.5 Å². The molecule has 0 aliphatic carbocycles. The van der Waals surface area contributed by atoms with Gasteiger partial charge in [-0.05, 0) is 35.4 Å². The molecule has 1 saturated heterocycles. The number of benzene rings is 3. The summed E-state index contributed by atoms with van der Waals surface area (Å²) >= 11 is 0. The highest BCUT2D eigenvalue weighted by atomic mass is 32.2. The van der Waals surface area contributed by atoms with Gasteiger partial charge in [-0.15, -0.1) is 0 Å². The maximum Gasteiger partial charge on any atom is 0.244 e. The number of oxime groups is 1. The molecule has 3 aromatic rings. The highest BCUT2D eigenvalue weighted by Gasteiger charge is 2.42. The molecule has 1 amide bonds. The van der Waals surface area contributed by atoms with E-state index in [4.69, 9.17) is 9.57 Å². The van der Waals surface area contributed by atoms with Crippen LogP contribution in [0.5, 0.6) is 5.75 Å². The molecule has 10 heteroatoms. The Balaban J connectivity index is 1.44. The minimum atomic E-state index is -4.02. The van der Waals surface area contributed by atoms with Crippen molar-refractivity contribution in [2.75, 3.05) is 26.8 Å². The Labute approximate surface area is 216 Å². The molecule has 0 bridgehead atoms. The molecule has 9 nitrogen and oxygen atoms in total. The van der Waals surface area contributed by atoms with Crippen molar-refractivity contribution >= 4 is 21.6 Å². The van der Waals surface area contributed by atoms with Gasteiger partial charge >= 0.3 is 0 Å². The third-order valence-corrected chi connectivity index (χ3v) is 7.77. The Morgan fingerprint density at radius 1 is 1.03 bits per heavy atom. The van der Waals surface area contributed by atoms with Crippen LogP contribution in [0.15, 0.2) is 95.0 Å². The second-order valence-electron chi connectivity index (χ2n) is 8.52. The summed E-state index contributed by atoms with van der Waals surface area (Å²) in [6.45, 7) is -0.200. The lowest BCUT2D eigenvalue weighted by Crippen LogP contribution is -2.48. The van der Waals surface area contributed by atoms with Crippen LogP contribution in [0.25, 0.3) is 11.1 Å². The molecule has 2 atom stereocenters. The van der Waals surface area contributed by atoms with Crippen LogP contribution in [0.3, 0.4) is 0 Å². The van der Waals surface area contributed by atoms with Crippen molar-refractivity contribution in [1.29, 1.82) is 0 Å². The van der Waals surface area contributed by atoms with E-state index in [1.165, 1.54) is 19.2 Å². The Hall–Kier alpha value is -3.73. The molecule has 1 fully saturated rings. The smallest absolute Gasteiger partial charge is 0.244 e. The minimum absolute atomic E-state index is 0.0267. The number of ether oxygens (including phenoxy) is 1. The van der Waals surface area contributed by atoms with E-state index in [-0.39, 0.29) is 31.0 Å². The summed E-state index contributed by atoms with van der Waals surface area (Å²) in [5, 5.41) is 16.8. The van der Waals surface area contributed by atoms with Gasteiger partial charge in [-0.1, -0.05) is 65.8 Å². The van der Waals surface area contributed by atoms with Crippen molar-refractivity contribution in [1.82, 2.24) is 9.62 Å². The molecule has 0 saturated carbocycles. The molecular formula is C27H29N3O6S. The lowest BCUT2D eigenvalue weighted by atomic mass is 10.1. The monoisotopic (exact) mass is 523 g/mol. The van der Waals surface area contributed by atoms with Gasteiger partial charge < -0.3 is 20.0 Å². The molecule has 0 spiro atoms. The minimum Gasteiger partial charge on any atom is -0.491 e. The zero-order valence-corrected chi connectivity index (χ0v) is 21.2. The molecule has 4 rings (SSSR count). The maximum absolute atomic E-state index is 13.5. The van der Waals surface area contributed by atoms with Gasteiger partial charge in [0.25, 0.3) is 0 Å². The van der Waals surface area contributed by atoms with Crippen molar-refractivity contribution < 1.29 is 27.9 Å². The number of rotatable bonds is 10. The highest BCUT2D eigenvalue weighted by molar-refractivity contribution is 7.89. The van der Waals surface area contributed by atoms with Gasteiger partial charge in [0.15, 0.2) is 0 Å². The van der Waals surface area contributed by atoms with E-state index in [0.717, 1.165) is 15.4 Å². The Kier molecular flexibility index (Phi) is 8.54. The Bertz CT molecular complexity index is 1320. The van der Waals surface area contributed by atoms with E-state index >= 15 is 0 Å². The van der Waals surface area contributed by atoms with Gasteiger partial charge in [0.1, 0.15) is 31.6 Å². The molecule has 1 aliphatic rings. The average Bonchev–Trinajstić information content (AvgIpc) is 3.37. The van der Waals surface area contributed by atoms with Crippen molar-refractivity contribution in [2.45, 2.75) is 23.5 Å². The SMILES string of the molecule is CON=C1C[C@@H](C(=O)NCC(O)COc2ccccc2)N(S(=O)(=O)c2ccc(-c3ccccc3)cc2)C1. The number of hydrogen-bond acceptors (Lipinski definition) is 7. The lowest BCUT2D eigenvalue weighted by Gasteiger charge is -2.23. The second-order valence-corrected chi connectivity index (χ2v) is 10.4. The molecule has 1 aliphatic heterocycles. The first-order chi connectivity index (χ1) is 17.9. The Morgan fingerprint density at radius 2 is 1.65 bits per heavy atom.